The van der Waals surface area contributed by atoms with Gasteiger partial charge in [0.15, 0.2) is 0 Å². The molecule has 0 fully saturated rings. The SMILES string of the molecule is C[C@H](NCC(=O)Nc1cc(C(C)(C)C)no1)c1cc(F)c(Cl)cc1Cl. The van der Waals surface area contributed by atoms with Crippen molar-refractivity contribution in [2.75, 3.05) is 11.9 Å². The fourth-order valence-corrected chi connectivity index (χ4v) is 2.64. The molecule has 0 saturated heterocycles. The molecule has 1 aromatic heterocycles. The number of amides is 1. The van der Waals surface area contributed by atoms with Gasteiger partial charge in [0.25, 0.3) is 0 Å². The van der Waals surface area contributed by atoms with Crippen LogP contribution in [0.4, 0.5) is 10.3 Å². The van der Waals surface area contributed by atoms with E-state index >= 15 is 0 Å². The van der Waals surface area contributed by atoms with E-state index in [1.165, 1.54) is 12.1 Å². The van der Waals surface area contributed by atoms with Crippen molar-refractivity contribution in [1.82, 2.24) is 10.5 Å². The lowest BCUT2D eigenvalue weighted by Gasteiger charge is -2.16. The van der Waals surface area contributed by atoms with Crippen molar-refractivity contribution in [3.63, 3.8) is 0 Å². The number of anilines is 1. The Kier molecular flexibility index (Phi) is 6.08. The number of halogens is 3. The highest BCUT2D eigenvalue weighted by Gasteiger charge is 2.20. The maximum Gasteiger partial charge on any atom is 0.240 e. The van der Waals surface area contributed by atoms with Crippen LogP contribution in [0.25, 0.3) is 0 Å². The van der Waals surface area contributed by atoms with E-state index in [4.69, 9.17) is 27.7 Å². The molecule has 0 radical (unpaired) electrons. The Balaban J connectivity index is 1.93. The van der Waals surface area contributed by atoms with E-state index < -0.39 is 5.82 Å². The van der Waals surface area contributed by atoms with Crippen molar-refractivity contribution in [2.45, 2.75) is 39.2 Å². The number of nitrogens with one attached hydrogen (secondary N) is 2. The van der Waals surface area contributed by atoms with Crippen molar-refractivity contribution >= 4 is 35.0 Å². The molecule has 2 aromatic rings. The molecule has 1 amide bonds. The van der Waals surface area contributed by atoms with Crippen LogP contribution in [-0.4, -0.2) is 17.6 Å². The molecule has 0 aliphatic carbocycles. The number of carbonyl (C=O) groups excluding carboxylic acids is 1. The van der Waals surface area contributed by atoms with Crippen molar-refractivity contribution in [1.29, 1.82) is 0 Å². The molecule has 0 aliphatic heterocycles. The van der Waals surface area contributed by atoms with Gasteiger partial charge in [-0.25, -0.2) is 4.39 Å². The first-order valence-corrected chi connectivity index (χ1v) is 8.48. The minimum absolute atomic E-state index is 0.00665. The number of carbonyl (C=O) groups is 1. The van der Waals surface area contributed by atoms with Crippen LogP contribution in [0.1, 0.15) is 45.0 Å². The molecule has 0 spiro atoms. The third-order valence-corrected chi connectivity index (χ3v) is 4.23. The summed E-state index contributed by atoms with van der Waals surface area (Å²) in [5.74, 6) is -0.593. The van der Waals surface area contributed by atoms with E-state index in [2.05, 4.69) is 15.8 Å². The first-order chi connectivity index (χ1) is 11.6. The Labute approximate surface area is 155 Å². The second kappa shape index (κ2) is 7.72. The number of nitrogens with zero attached hydrogens (tertiary/aromatic N) is 1. The second-order valence-corrected chi connectivity index (χ2v) is 7.58. The molecule has 8 heteroatoms. The summed E-state index contributed by atoms with van der Waals surface area (Å²) in [4.78, 5) is 12.0. The van der Waals surface area contributed by atoms with E-state index in [0.29, 0.717) is 10.6 Å². The molecule has 25 heavy (non-hydrogen) atoms. The summed E-state index contributed by atoms with van der Waals surface area (Å²) >= 11 is 11.8. The molecule has 0 bridgehead atoms. The fraction of sp³-hybridized carbons (Fsp3) is 0.412. The standard InChI is InChI=1S/C17H20Cl2FN3O2/c1-9(10-5-13(20)12(19)6-11(10)18)21-8-15(24)22-16-7-14(23-25-16)17(2,3)4/h5-7,9,21H,8H2,1-4H3,(H,22,24)/t9-/m0/s1. The van der Waals surface area contributed by atoms with Gasteiger partial charge in [-0.15, -0.1) is 0 Å². The largest absolute Gasteiger partial charge is 0.338 e. The van der Waals surface area contributed by atoms with Crippen LogP contribution in [0, 0.1) is 5.82 Å². The molecule has 1 atom stereocenters. The zero-order valence-corrected chi connectivity index (χ0v) is 15.9. The molecular weight excluding hydrogens is 368 g/mol. The van der Waals surface area contributed by atoms with Gasteiger partial charge >= 0.3 is 0 Å². The molecule has 2 rings (SSSR count). The van der Waals surface area contributed by atoms with E-state index in [1.54, 1.807) is 13.0 Å². The van der Waals surface area contributed by atoms with E-state index in [0.717, 1.165) is 5.69 Å². The average Bonchev–Trinajstić information content (AvgIpc) is 2.97. The van der Waals surface area contributed by atoms with Crippen molar-refractivity contribution < 1.29 is 13.7 Å². The summed E-state index contributed by atoms with van der Waals surface area (Å²) in [6, 6.07) is 3.94. The third kappa shape index (κ3) is 5.17. The van der Waals surface area contributed by atoms with E-state index in [9.17, 15) is 9.18 Å². The topological polar surface area (TPSA) is 67.2 Å². The summed E-state index contributed by atoms with van der Waals surface area (Å²) in [6.07, 6.45) is 0. The summed E-state index contributed by atoms with van der Waals surface area (Å²) in [5, 5.41) is 9.81. The highest BCUT2D eigenvalue weighted by Crippen LogP contribution is 2.28. The van der Waals surface area contributed by atoms with E-state index in [1.807, 2.05) is 20.8 Å². The Hall–Kier alpha value is -1.63. The number of hydrogen-bond acceptors (Lipinski definition) is 4. The summed E-state index contributed by atoms with van der Waals surface area (Å²) in [5.41, 5.74) is 1.09. The van der Waals surface area contributed by atoms with Gasteiger partial charge in [-0.2, -0.15) is 0 Å². The van der Waals surface area contributed by atoms with Crippen molar-refractivity contribution in [3.05, 3.63) is 45.3 Å². The van der Waals surface area contributed by atoms with Crippen LogP contribution in [-0.2, 0) is 10.2 Å². The number of aromatic nitrogens is 1. The summed E-state index contributed by atoms with van der Waals surface area (Å²) in [6.45, 7) is 7.75. The molecular formula is C17H20Cl2FN3O2. The lowest BCUT2D eigenvalue weighted by atomic mass is 9.92. The molecule has 0 saturated carbocycles. The van der Waals surface area contributed by atoms with Gasteiger partial charge < -0.3 is 9.84 Å². The molecule has 136 valence electrons. The maximum atomic E-state index is 13.6. The summed E-state index contributed by atoms with van der Waals surface area (Å²) in [7, 11) is 0. The van der Waals surface area contributed by atoms with Crippen LogP contribution in [0.3, 0.4) is 0 Å². The van der Waals surface area contributed by atoms with Gasteiger partial charge in [0.05, 0.1) is 17.3 Å². The first-order valence-electron chi connectivity index (χ1n) is 7.73. The van der Waals surface area contributed by atoms with Gasteiger partial charge in [0.1, 0.15) is 5.82 Å². The highest BCUT2D eigenvalue weighted by atomic mass is 35.5. The molecule has 0 unspecified atom stereocenters. The summed E-state index contributed by atoms with van der Waals surface area (Å²) < 4.78 is 18.7. The van der Waals surface area contributed by atoms with Crippen LogP contribution >= 0.6 is 23.2 Å². The third-order valence-electron chi connectivity index (χ3n) is 3.62. The molecule has 5 nitrogen and oxygen atoms in total. The maximum absolute atomic E-state index is 13.6. The molecule has 1 heterocycles. The van der Waals surface area contributed by atoms with Crippen molar-refractivity contribution in [3.8, 4) is 0 Å². The lowest BCUT2D eigenvalue weighted by Crippen LogP contribution is -2.30. The minimum atomic E-state index is -0.560. The Morgan fingerprint density at radius 2 is 1.96 bits per heavy atom. The van der Waals surface area contributed by atoms with Crippen molar-refractivity contribution in [2.24, 2.45) is 0 Å². The smallest absolute Gasteiger partial charge is 0.240 e. The van der Waals surface area contributed by atoms with Crippen LogP contribution in [0.5, 0.6) is 0 Å². The molecule has 0 aliphatic rings. The fourth-order valence-electron chi connectivity index (χ4n) is 2.09. The second-order valence-electron chi connectivity index (χ2n) is 6.76. The van der Waals surface area contributed by atoms with Crippen LogP contribution in [0.15, 0.2) is 22.7 Å². The zero-order valence-electron chi connectivity index (χ0n) is 14.4. The lowest BCUT2D eigenvalue weighted by molar-refractivity contribution is -0.115. The number of benzene rings is 1. The van der Waals surface area contributed by atoms with Crippen LogP contribution < -0.4 is 10.6 Å². The van der Waals surface area contributed by atoms with Crippen LogP contribution in [0.2, 0.25) is 10.0 Å². The van der Waals surface area contributed by atoms with Gasteiger partial charge in [-0.1, -0.05) is 49.1 Å². The first kappa shape index (κ1) is 19.7. The minimum Gasteiger partial charge on any atom is -0.338 e. The predicted octanol–water partition coefficient (Wildman–Crippen LogP) is 4.71. The number of rotatable bonds is 5. The van der Waals surface area contributed by atoms with Gasteiger partial charge in [0.2, 0.25) is 11.8 Å². The number of hydrogen-bond donors (Lipinski definition) is 2. The Morgan fingerprint density at radius 3 is 2.56 bits per heavy atom. The molecule has 2 N–H and O–H groups in total. The Bertz CT molecular complexity index is 772. The quantitative estimate of drug-likeness (QED) is 0.729. The zero-order chi connectivity index (χ0) is 18.8. The highest BCUT2D eigenvalue weighted by molar-refractivity contribution is 6.35. The normalized spacial score (nSPS) is 12.9. The van der Waals surface area contributed by atoms with E-state index in [-0.39, 0.29) is 34.8 Å². The average molecular weight is 388 g/mol. The van der Waals surface area contributed by atoms with Gasteiger partial charge in [0, 0.05) is 22.5 Å². The van der Waals surface area contributed by atoms with Gasteiger partial charge in [-0.3, -0.25) is 10.1 Å². The predicted molar refractivity (Wildman–Crippen MR) is 96.7 cm³/mol. The van der Waals surface area contributed by atoms with Gasteiger partial charge in [-0.05, 0) is 24.6 Å². The monoisotopic (exact) mass is 387 g/mol. The molecule has 1 aromatic carbocycles. The Morgan fingerprint density at radius 1 is 1.28 bits per heavy atom.